The molecule has 0 radical (unpaired) electrons. The number of carbonyl (C=O) groups is 4. The van der Waals surface area contributed by atoms with Crippen LogP contribution < -0.4 is 0 Å². The van der Waals surface area contributed by atoms with Crippen molar-refractivity contribution in [2.45, 2.75) is 22.5 Å². The number of hydrogen-bond donors (Lipinski definition) is 0. The van der Waals surface area contributed by atoms with E-state index in [0.29, 0.717) is 22.9 Å². The Hall–Kier alpha value is -1.45. The van der Waals surface area contributed by atoms with Crippen molar-refractivity contribution in [2.24, 2.45) is 11.8 Å². The van der Waals surface area contributed by atoms with E-state index >= 15 is 0 Å². The average Bonchev–Trinajstić information content (AvgIpc) is 3.01. The Morgan fingerprint density at radius 2 is 1.41 bits per heavy atom. The summed E-state index contributed by atoms with van der Waals surface area (Å²) >= 11 is 25.2. The summed E-state index contributed by atoms with van der Waals surface area (Å²) in [6.45, 7) is -0.560. The van der Waals surface area contributed by atoms with Gasteiger partial charge in [0.05, 0.1) is 16.9 Å². The van der Waals surface area contributed by atoms with E-state index in [0.717, 1.165) is 10.0 Å². The fraction of sp³-hybridized carbons (Fsp3) is 0.304. The molecule has 0 unspecified atom stereocenters. The summed E-state index contributed by atoms with van der Waals surface area (Å²) in [4.78, 5) is 53.4. The molecule has 34 heavy (non-hydrogen) atoms. The number of nitrogens with zero attached hydrogens (tertiary/aromatic N) is 2. The van der Waals surface area contributed by atoms with Crippen molar-refractivity contribution in [1.29, 1.82) is 0 Å². The summed E-state index contributed by atoms with van der Waals surface area (Å²) in [6, 6.07) is 10.3. The van der Waals surface area contributed by atoms with Crippen molar-refractivity contribution in [3.8, 4) is 0 Å². The molecule has 2 aromatic rings. The van der Waals surface area contributed by atoms with Gasteiger partial charge < -0.3 is 0 Å². The first-order valence-electron chi connectivity index (χ1n) is 10.3. The van der Waals surface area contributed by atoms with E-state index in [4.69, 9.17) is 34.8 Å². The van der Waals surface area contributed by atoms with E-state index in [-0.39, 0.29) is 25.8 Å². The molecule has 178 valence electrons. The molecule has 6 nitrogen and oxygen atoms in total. The lowest BCUT2D eigenvalue weighted by molar-refractivity contribution is -0.154. The first kappa shape index (κ1) is 25.6. The van der Waals surface area contributed by atoms with Crippen molar-refractivity contribution < 1.29 is 19.2 Å². The topological polar surface area (TPSA) is 74.8 Å². The number of rotatable bonds is 5. The van der Waals surface area contributed by atoms with Crippen molar-refractivity contribution in [3.05, 3.63) is 68.7 Å². The van der Waals surface area contributed by atoms with Gasteiger partial charge in [-0.25, -0.2) is 5.01 Å². The van der Waals surface area contributed by atoms with Crippen LogP contribution in [0.5, 0.6) is 0 Å². The van der Waals surface area contributed by atoms with Crippen LogP contribution in [-0.2, 0) is 9.59 Å². The zero-order valence-electron chi connectivity index (χ0n) is 17.4. The Balaban J connectivity index is 1.71. The largest absolute Gasteiger partial charge is 0.292 e. The fourth-order valence-corrected chi connectivity index (χ4v) is 6.10. The number of benzene rings is 2. The molecular formula is C23H17Br2Cl3N2O4. The molecule has 4 rings (SSSR count). The first-order valence-corrected chi connectivity index (χ1v) is 13.3. The van der Waals surface area contributed by atoms with Gasteiger partial charge in [0.1, 0.15) is 6.54 Å². The van der Waals surface area contributed by atoms with Crippen LogP contribution in [0.25, 0.3) is 0 Å². The van der Waals surface area contributed by atoms with Gasteiger partial charge in [-0.05, 0) is 55.3 Å². The predicted octanol–water partition coefficient (Wildman–Crippen LogP) is 5.81. The second-order valence-corrected chi connectivity index (χ2v) is 11.8. The van der Waals surface area contributed by atoms with Gasteiger partial charge in [-0.15, -0.1) is 0 Å². The zero-order valence-corrected chi connectivity index (χ0v) is 22.8. The number of fused-ring (bicyclic) bond motifs is 1. The molecule has 0 bridgehead atoms. The van der Waals surface area contributed by atoms with E-state index in [1.165, 1.54) is 42.5 Å². The highest BCUT2D eigenvalue weighted by Crippen LogP contribution is 2.43. The molecule has 2 aromatic carbocycles. The summed E-state index contributed by atoms with van der Waals surface area (Å²) in [5.74, 6) is -3.40. The fourth-order valence-electron chi connectivity index (χ4n) is 4.23. The molecular weight excluding hydrogens is 634 g/mol. The molecule has 11 heteroatoms. The third kappa shape index (κ3) is 4.93. The lowest BCUT2D eigenvalue weighted by Crippen LogP contribution is -2.52. The normalized spacial score (nSPS) is 24.2. The van der Waals surface area contributed by atoms with Crippen LogP contribution in [0.4, 0.5) is 0 Å². The molecule has 4 atom stereocenters. The van der Waals surface area contributed by atoms with E-state index in [1.807, 2.05) is 0 Å². The summed E-state index contributed by atoms with van der Waals surface area (Å²) < 4.78 is 0. The Kier molecular flexibility index (Phi) is 7.74. The van der Waals surface area contributed by atoms with Crippen LogP contribution in [0, 0.1) is 11.8 Å². The molecule has 1 aliphatic heterocycles. The molecule has 0 aromatic heterocycles. The zero-order chi connectivity index (χ0) is 24.7. The number of alkyl halides is 2. The van der Waals surface area contributed by atoms with E-state index < -0.39 is 41.9 Å². The van der Waals surface area contributed by atoms with Crippen LogP contribution in [-0.4, -0.2) is 49.7 Å². The minimum Gasteiger partial charge on any atom is -0.292 e. The minimum atomic E-state index is -0.679. The van der Waals surface area contributed by atoms with Crippen molar-refractivity contribution in [1.82, 2.24) is 10.0 Å². The van der Waals surface area contributed by atoms with Crippen molar-refractivity contribution in [3.63, 3.8) is 0 Å². The number of hydrazine groups is 1. The SMILES string of the molecule is O=C(CN(C(=O)c1ccc(Cl)cc1)N1C(=O)[C@@H]2C[C@@H](Br)[C@@H](Br)C[C@H]2C1=O)c1ccc(Cl)cc1Cl. The van der Waals surface area contributed by atoms with Gasteiger partial charge in [0.2, 0.25) is 0 Å². The second-order valence-electron chi connectivity index (χ2n) is 8.12. The van der Waals surface area contributed by atoms with Gasteiger partial charge in [-0.2, -0.15) is 5.01 Å². The molecule has 1 saturated heterocycles. The van der Waals surface area contributed by atoms with E-state index in [2.05, 4.69) is 31.9 Å². The predicted molar refractivity (Wildman–Crippen MR) is 137 cm³/mol. The molecule has 0 spiro atoms. The standard InChI is InChI=1S/C23H17Br2Cl3N2O4/c24-17-8-15-16(9-18(17)25)23(34)30(22(15)33)29(21(32)11-1-3-12(26)4-2-11)10-20(31)14-6-5-13(27)7-19(14)28/h1-7,15-18H,8-10H2/t15-,16-,17-,18+/m1/s1. The number of imide groups is 1. The molecule has 3 amide bonds. The second kappa shape index (κ2) is 10.3. The van der Waals surface area contributed by atoms with Gasteiger partial charge in [0.15, 0.2) is 5.78 Å². The van der Waals surface area contributed by atoms with Gasteiger partial charge in [-0.3, -0.25) is 19.2 Å². The quantitative estimate of drug-likeness (QED) is 0.233. The Bertz CT molecular complexity index is 1150. The summed E-state index contributed by atoms with van der Waals surface area (Å²) in [5.41, 5.74) is 0.295. The van der Waals surface area contributed by atoms with Crippen LogP contribution in [0.15, 0.2) is 42.5 Å². The Morgan fingerprint density at radius 3 is 1.94 bits per heavy atom. The highest BCUT2D eigenvalue weighted by Gasteiger charge is 2.54. The highest BCUT2D eigenvalue weighted by molar-refractivity contribution is 9.12. The Labute approximate surface area is 227 Å². The van der Waals surface area contributed by atoms with Crippen molar-refractivity contribution in [2.75, 3.05) is 6.54 Å². The molecule has 2 fully saturated rings. The number of hydrogen-bond acceptors (Lipinski definition) is 4. The van der Waals surface area contributed by atoms with Crippen LogP contribution in [0.3, 0.4) is 0 Å². The summed E-state index contributed by atoms with van der Waals surface area (Å²) in [6.07, 6.45) is 0.864. The molecule has 1 saturated carbocycles. The number of carbonyl (C=O) groups excluding carboxylic acids is 4. The van der Waals surface area contributed by atoms with Crippen molar-refractivity contribution >= 4 is 90.2 Å². The monoisotopic (exact) mass is 648 g/mol. The number of Topliss-reactive ketones (excluding diaryl/α,β-unsaturated/α-hetero) is 1. The van der Waals surface area contributed by atoms with Gasteiger partial charge >= 0.3 is 0 Å². The molecule has 1 aliphatic carbocycles. The lowest BCUT2D eigenvalue weighted by Gasteiger charge is -2.30. The van der Waals surface area contributed by atoms with E-state index in [9.17, 15) is 19.2 Å². The highest BCUT2D eigenvalue weighted by atomic mass is 79.9. The molecule has 1 heterocycles. The molecule has 2 aliphatic rings. The summed E-state index contributed by atoms with van der Waals surface area (Å²) in [5, 5.41) is 2.61. The maximum atomic E-state index is 13.5. The number of halogens is 5. The maximum absolute atomic E-state index is 13.5. The Morgan fingerprint density at radius 1 is 0.882 bits per heavy atom. The van der Waals surface area contributed by atoms with Gasteiger partial charge in [0.25, 0.3) is 17.7 Å². The van der Waals surface area contributed by atoms with Gasteiger partial charge in [0, 0.05) is 30.8 Å². The average molecular weight is 652 g/mol. The van der Waals surface area contributed by atoms with Gasteiger partial charge in [-0.1, -0.05) is 66.7 Å². The number of ketones is 1. The minimum absolute atomic E-state index is 0.000345. The van der Waals surface area contributed by atoms with Crippen LogP contribution in [0.2, 0.25) is 15.1 Å². The molecule has 0 N–H and O–H groups in total. The van der Waals surface area contributed by atoms with Crippen LogP contribution in [0.1, 0.15) is 33.6 Å². The third-order valence-electron chi connectivity index (χ3n) is 5.98. The van der Waals surface area contributed by atoms with E-state index in [1.54, 1.807) is 0 Å². The van der Waals surface area contributed by atoms with Crippen LogP contribution >= 0.6 is 66.7 Å². The smallest absolute Gasteiger partial charge is 0.273 e. The number of amides is 3. The lowest BCUT2D eigenvalue weighted by atomic mass is 9.81. The first-order chi connectivity index (χ1) is 16.1. The summed E-state index contributed by atoms with van der Waals surface area (Å²) in [7, 11) is 0. The third-order valence-corrected chi connectivity index (χ3v) is 9.51. The maximum Gasteiger partial charge on any atom is 0.273 e.